The van der Waals surface area contributed by atoms with Gasteiger partial charge < -0.3 is 19.6 Å². The Morgan fingerprint density at radius 1 is 1.23 bits per heavy atom. The minimum Gasteiger partial charge on any atom is -0.449 e. The van der Waals surface area contributed by atoms with Crippen LogP contribution in [0.2, 0.25) is 0 Å². The van der Waals surface area contributed by atoms with Crippen LogP contribution in [0.1, 0.15) is 36.9 Å². The number of hydrogen-bond donors (Lipinski definition) is 2. The first-order chi connectivity index (χ1) is 12.3. The van der Waals surface area contributed by atoms with E-state index in [-0.39, 0.29) is 18.3 Å². The van der Waals surface area contributed by atoms with Crippen molar-refractivity contribution < 1.29 is 28.3 Å². The molecule has 0 saturated carbocycles. The van der Waals surface area contributed by atoms with Gasteiger partial charge in [-0.1, -0.05) is 32.0 Å². The van der Waals surface area contributed by atoms with Gasteiger partial charge in [-0.05, 0) is 18.9 Å². The van der Waals surface area contributed by atoms with Crippen molar-refractivity contribution in [1.29, 1.82) is 0 Å². The summed E-state index contributed by atoms with van der Waals surface area (Å²) in [5, 5.41) is 2.66. The largest absolute Gasteiger partial charge is 0.449 e. The number of rotatable bonds is 7. The molecule has 3 amide bonds. The van der Waals surface area contributed by atoms with Crippen LogP contribution in [0.5, 0.6) is 0 Å². The van der Waals surface area contributed by atoms with Gasteiger partial charge in [0, 0.05) is 17.6 Å². The van der Waals surface area contributed by atoms with E-state index < -0.39 is 24.0 Å². The highest BCUT2D eigenvalue weighted by Crippen LogP contribution is 2.28. The van der Waals surface area contributed by atoms with Gasteiger partial charge in [-0.15, -0.1) is 0 Å². The Kier molecular flexibility index (Phi) is 6.35. The van der Waals surface area contributed by atoms with Gasteiger partial charge in [0.25, 0.3) is 5.91 Å². The summed E-state index contributed by atoms with van der Waals surface area (Å²) in [5.41, 5.74) is 6.01. The van der Waals surface area contributed by atoms with Crippen LogP contribution in [0.3, 0.4) is 0 Å². The fourth-order valence-electron chi connectivity index (χ4n) is 2.46. The number of esters is 1. The summed E-state index contributed by atoms with van der Waals surface area (Å²) in [7, 11) is 0. The first-order valence-electron chi connectivity index (χ1n) is 8.24. The summed E-state index contributed by atoms with van der Waals surface area (Å²) in [5.74, 6) is -2.01. The molecule has 1 atom stereocenters. The van der Waals surface area contributed by atoms with Gasteiger partial charge in [-0.2, -0.15) is 0 Å². The van der Waals surface area contributed by atoms with Crippen molar-refractivity contribution in [3.63, 3.8) is 0 Å². The van der Waals surface area contributed by atoms with Gasteiger partial charge in [0.05, 0.1) is 6.61 Å². The summed E-state index contributed by atoms with van der Waals surface area (Å²) in [6, 6.07) is 6.12. The van der Waals surface area contributed by atoms with Crippen LogP contribution in [-0.4, -0.2) is 30.6 Å². The number of carbonyl (C=O) groups is 3. The molecule has 140 valence electrons. The number of urea groups is 1. The maximum absolute atomic E-state index is 12.6. The molecule has 1 heterocycles. The molecule has 0 unspecified atom stereocenters. The molecule has 3 N–H and O–H groups in total. The van der Waals surface area contributed by atoms with E-state index in [0.717, 1.165) is 5.39 Å². The van der Waals surface area contributed by atoms with E-state index in [1.807, 2.05) is 24.4 Å². The first-order valence-corrected chi connectivity index (χ1v) is 8.24. The van der Waals surface area contributed by atoms with Crippen molar-refractivity contribution in [1.82, 2.24) is 5.32 Å². The Morgan fingerprint density at radius 2 is 1.92 bits per heavy atom. The SMILES string of the molecule is CCOCc1c(C(=O)O[C@H](C(=O)NC(N)=O)C(C)C)oc2ccccc12. The molecule has 2 aromatic rings. The average Bonchev–Trinajstić information content (AvgIpc) is 2.95. The molecule has 0 bridgehead atoms. The van der Waals surface area contributed by atoms with Crippen LogP contribution >= 0.6 is 0 Å². The average molecular weight is 362 g/mol. The number of nitrogens with one attached hydrogen (secondary N) is 1. The third-order valence-electron chi connectivity index (χ3n) is 3.68. The zero-order valence-electron chi connectivity index (χ0n) is 14.9. The molecule has 0 fully saturated rings. The lowest BCUT2D eigenvalue weighted by atomic mass is 10.1. The number of carbonyl (C=O) groups excluding carboxylic acids is 3. The fourth-order valence-corrected chi connectivity index (χ4v) is 2.46. The summed E-state index contributed by atoms with van der Waals surface area (Å²) in [6.07, 6.45) is -1.19. The minimum atomic E-state index is -1.19. The van der Waals surface area contributed by atoms with Gasteiger partial charge in [0.15, 0.2) is 6.10 Å². The molecule has 8 heteroatoms. The smallest absolute Gasteiger partial charge is 0.375 e. The highest BCUT2D eigenvalue weighted by Gasteiger charge is 2.31. The summed E-state index contributed by atoms with van der Waals surface area (Å²) in [6.45, 7) is 5.82. The van der Waals surface area contributed by atoms with Crippen LogP contribution in [0.15, 0.2) is 28.7 Å². The van der Waals surface area contributed by atoms with Gasteiger partial charge in [0.2, 0.25) is 5.76 Å². The molecule has 26 heavy (non-hydrogen) atoms. The molecular formula is C18H22N2O6. The molecule has 1 aromatic carbocycles. The number of nitrogens with two attached hydrogens (primary N) is 1. The van der Waals surface area contributed by atoms with Gasteiger partial charge in [0.1, 0.15) is 5.58 Å². The van der Waals surface area contributed by atoms with Crippen molar-refractivity contribution >= 4 is 28.9 Å². The molecule has 8 nitrogen and oxygen atoms in total. The number of primary amides is 1. The number of fused-ring (bicyclic) bond motifs is 1. The lowest BCUT2D eigenvalue weighted by molar-refractivity contribution is -0.131. The van der Waals surface area contributed by atoms with E-state index in [4.69, 9.17) is 19.6 Å². The van der Waals surface area contributed by atoms with Crippen molar-refractivity contribution in [2.45, 2.75) is 33.5 Å². The molecular weight excluding hydrogens is 340 g/mol. The van der Waals surface area contributed by atoms with E-state index in [9.17, 15) is 14.4 Å². The van der Waals surface area contributed by atoms with E-state index in [1.165, 1.54) is 0 Å². The summed E-state index contributed by atoms with van der Waals surface area (Å²) in [4.78, 5) is 35.6. The van der Waals surface area contributed by atoms with Gasteiger partial charge in [-0.3, -0.25) is 10.1 Å². The third kappa shape index (κ3) is 4.40. The van der Waals surface area contributed by atoms with Crippen molar-refractivity contribution in [2.24, 2.45) is 11.7 Å². The quantitative estimate of drug-likeness (QED) is 0.729. The molecule has 1 aromatic heterocycles. The molecule has 0 radical (unpaired) electrons. The highest BCUT2D eigenvalue weighted by molar-refractivity contribution is 6.00. The Bertz CT molecular complexity index is 811. The van der Waals surface area contributed by atoms with Crippen LogP contribution < -0.4 is 11.1 Å². The number of para-hydroxylation sites is 1. The molecule has 0 aliphatic carbocycles. The second-order valence-corrected chi connectivity index (χ2v) is 5.97. The number of ether oxygens (including phenoxy) is 2. The van der Waals surface area contributed by atoms with Crippen LogP contribution in [0.4, 0.5) is 4.79 Å². The van der Waals surface area contributed by atoms with Crippen molar-refractivity contribution in [2.75, 3.05) is 6.61 Å². The Balaban J connectivity index is 2.32. The number of benzene rings is 1. The van der Waals surface area contributed by atoms with Gasteiger partial charge in [-0.25, -0.2) is 9.59 Å². The lowest BCUT2D eigenvalue weighted by Gasteiger charge is -2.19. The summed E-state index contributed by atoms with van der Waals surface area (Å²) >= 11 is 0. The second-order valence-electron chi connectivity index (χ2n) is 5.97. The molecule has 0 aliphatic heterocycles. The monoisotopic (exact) mass is 362 g/mol. The number of imide groups is 1. The molecule has 2 rings (SSSR count). The maximum Gasteiger partial charge on any atom is 0.375 e. The van der Waals surface area contributed by atoms with E-state index in [2.05, 4.69) is 0 Å². The van der Waals surface area contributed by atoms with Crippen molar-refractivity contribution in [3.8, 4) is 0 Å². The van der Waals surface area contributed by atoms with Crippen LogP contribution in [0, 0.1) is 5.92 Å². The van der Waals surface area contributed by atoms with E-state index in [1.54, 1.807) is 26.0 Å². The van der Waals surface area contributed by atoms with Crippen molar-refractivity contribution in [3.05, 3.63) is 35.6 Å². The predicted molar refractivity (Wildman–Crippen MR) is 93.3 cm³/mol. The van der Waals surface area contributed by atoms with E-state index in [0.29, 0.717) is 17.8 Å². The second kappa shape index (κ2) is 8.48. The highest BCUT2D eigenvalue weighted by atomic mass is 16.6. The molecule has 0 aliphatic rings. The third-order valence-corrected chi connectivity index (χ3v) is 3.68. The Labute approximate surface area is 150 Å². The number of hydrogen-bond acceptors (Lipinski definition) is 6. The minimum absolute atomic E-state index is 0.0304. The maximum atomic E-state index is 12.6. The molecule has 0 spiro atoms. The Hall–Kier alpha value is -2.87. The standard InChI is InChI=1S/C18H22N2O6/c1-4-24-9-12-11-7-5-6-8-13(11)25-15(12)17(22)26-14(10(2)3)16(21)20-18(19)23/h5-8,10,14H,4,9H2,1-3H3,(H3,19,20,21,23)/t14-/m0/s1. The van der Waals surface area contributed by atoms with Gasteiger partial charge >= 0.3 is 12.0 Å². The fraction of sp³-hybridized carbons (Fsp3) is 0.389. The lowest BCUT2D eigenvalue weighted by Crippen LogP contribution is -2.45. The van der Waals surface area contributed by atoms with Crippen LogP contribution in [0.25, 0.3) is 11.0 Å². The number of furan rings is 1. The topological polar surface area (TPSA) is 121 Å². The first kappa shape index (κ1) is 19.5. The van der Waals surface area contributed by atoms with E-state index >= 15 is 0 Å². The molecule has 0 saturated heterocycles. The van der Waals surface area contributed by atoms with Crippen LogP contribution in [-0.2, 0) is 20.9 Å². The number of amides is 3. The zero-order valence-corrected chi connectivity index (χ0v) is 14.9. The normalized spacial score (nSPS) is 12.2. The zero-order chi connectivity index (χ0) is 19.3. The summed E-state index contributed by atoms with van der Waals surface area (Å²) < 4.78 is 16.3. The Morgan fingerprint density at radius 3 is 2.54 bits per heavy atom. The predicted octanol–water partition coefficient (Wildman–Crippen LogP) is 2.35.